The molecule has 0 spiro atoms. The minimum absolute atomic E-state index is 0.0538. The minimum atomic E-state index is -1.08. The van der Waals surface area contributed by atoms with Gasteiger partial charge < -0.3 is 20.1 Å². The van der Waals surface area contributed by atoms with Gasteiger partial charge in [-0.2, -0.15) is 0 Å². The fraction of sp³-hybridized carbons (Fsp3) is 0.292. The van der Waals surface area contributed by atoms with Crippen molar-refractivity contribution in [2.75, 3.05) is 19.0 Å². The van der Waals surface area contributed by atoms with E-state index in [1.165, 1.54) is 48.3 Å². The fourth-order valence-corrected chi connectivity index (χ4v) is 4.04. The molecule has 0 saturated carbocycles. The minimum Gasteiger partial charge on any atom is -0.481 e. The highest BCUT2D eigenvalue weighted by atomic mass is 32.1. The molecule has 0 radical (unpaired) electrons. The van der Waals surface area contributed by atoms with Gasteiger partial charge in [0.25, 0.3) is 0 Å². The number of likely N-dealkylation sites (N-methyl/N-ethyl adjacent to an activating group) is 1. The highest BCUT2D eigenvalue weighted by Crippen LogP contribution is 2.26. The normalized spacial score (nSPS) is 11.5. The Kier molecular flexibility index (Phi) is 9.99. The summed E-state index contributed by atoms with van der Waals surface area (Å²) in [5.41, 5.74) is 0.552. The number of nitrogens with one attached hydrogen (secondary N) is 2. The molecule has 3 aromatic rings. The molecule has 0 aliphatic rings. The summed E-state index contributed by atoms with van der Waals surface area (Å²) in [6, 6.07) is 7.78. The molecule has 14 heteroatoms. The number of aliphatic carboxylic acids is 1. The second-order valence-corrected chi connectivity index (χ2v) is 9.04. The molecule has 0 saturated heterocycles. The summed E-state index contributed by atoms with van der Waals surface area (Å²) in [5, 5.41) is 22.2. The van der Waals surface area contributed by atoms with Crippen LogP contribution in [0.2, 0.25) is 0 Å². The molecule has 202 valence electrons. The molecule has 0 aliphatic heterocycles. The highest BCUT2D eigenvalue weighted by molar-refractivity contribution is 7.18. The van der Waals surface area contributed by atoms with Crippen molar-refractivity contribution in [2.24, 2.45) is 0 Å². The van der Waals surface area contributed by atoms with Crippen LogP contribution in [0, 0.1) is 17.5 Å². The summed E-state index contributed by atoms with van der Waals surface area (Å²) in [6.45, 7) is -0.573. The first-order chi connectivity index (χ1) is 18.1. The average molecular weight is 552 g/mol. The zero-order valence-electron chi connectivity index (χ0n) is 20.1. The number of benzene rings is 2. The van der Waals surface area contributed by atoms with E-state index in [9.17, 15) is 27.6 Å². The second kappa shape index (κ2) is 13.4. The maximum Gasteiger partial charge on any atom is 0.413 e. The zero-order valence-corrected chi connectivity index (χ0v) is 20.9. The summed E-state index contributed by atoms with van der Waals surface area (Å²) >= 11 is 1.04. The predicted octanol–water partition coefficient (Wildman–Crippen LogP) is 4.64. The van der Waals surface area contributed by atoms with Crippen LogP contribution in [-0.2, 0) is 16.1 Å². The number of halogens is 3. The number of carboxylic acid groups (broad SMARTS) is 1. The lowest BCUT2D eigenvalue weighted by Crippen LogP contribution is -2.46. The molecule has 1 atom stereocenters. The zero-order chi connectivity index (χ0) is 27.7. The lowest BCUT2D eigenvalue weighted by molar-refractivity contribution is -0.137. The standard InChI is InChI=1S/C24H24F3N5O5S/c1-32(23(35)28-12-15-4-2-6-18(26)20(15)27)17(5-3-7-19(33)34)13-37-24(36)29-22-31-30-21(38-22)14-8-10-16(25)11-9-14/h2,4,6,8-11,17H,3,5,7,12-13H2,1H3,(H,28,35)(H,33,34)(H,29,31,36)/t17-/m0/s1. The number of anilines is 1. The van der Waals surface area contributed by atoms with Crippen LogP contribution in [0.3, 0.4) is 0 Å². The third-order valence-electron chi connectivity index (χ3n) is 5.39. The van der Waals surface area contributed by atoms with Crippen molar-refractivity contribution in [3.8, 4) is 10.6 Å². The summed E-state index contributed by atoms with van der Waals surface area (Å²) < 4.78 is 45.6. The third-order valence-corrected chi connectivity index (χ3v) is 6.28. The van der Waals surface area contributed by atoms with Gasteiger partial charge in [0.05, 0.1) is 6.04 Å². The van der Waals surface area contributed by atoms with Crippen molar-refractivity contribution in [3.63, 3.8) is 0 Å². The van der Waals surface area contributed by atoms with Crippen LogP contribution in [0.5, 0.6) is 0 Å². The van der Waals surface area contributed by atoms with Gasteiger partial charge in [-0.15, -0.1) is 10.2 Å². The lowest BCUT2D eigenvalue weighted by atomic mass is 10.1. The van der Waals surface area contributed by atoms with E-state index in [2.05, 4.69) is 20.8 Å². The maximum absolute atomic E-state index is 13.9. The first kappa shape index (κ1) is 28.4. The molecule has 0 aliphatic carbocycles. The number of carbonyl (C=O) groups excluding carboxylic acids is 2. The van der Waals surface area contributed by atoms with E-state index in [4.69, 9.17) is 9.84 Å². The SMILES string of the molecule is CN(C(=O)NCc1cccc(F)c1F)[C@@H](CCCC(=O)O)COC(=O)Nc1nnc(-c2ccc(F)cc2)s1. The molecule has 0 bridgehead atoms. The Labute approximate surface area is 219 Å². The molecular weight excluding hydrogens is 527 g/mol. The number of urea groups is 1. The molecule has 1 heterocycles. The fourth-order valence-electron chi connectivity index (χ4n) is 3.30. The number of nitrogens with zero attached hydrogens (tertiary/aromatic N) is 3. The molecule has 10 nitrogen and oxygen atoms in total. The van der Waals surface area contributed by atoms with Gasteiger partial charge in [-0.05, 0) is 43.2 Å². The summed E-state index contributed by atoms with van der Waals surface area (Å²) in [7, 11) is 1.41. The van der Waals surface area contributed by atoms with Gasteiger partial charge in [0, 0.05) is 31.1 Å². The van der Waals surface area contributed by atoms with Crippen molar-refractivity contribution < 1.29 is 37.4 Å². The van der Waals surface area contributed by atoms with Gasteiger partial charge in [-0.1, -0.05) is 23.5 Å². The topological polar surface area (TPSA) is 134 Å². The van der Waals surface area contributed by atoms with Gasteiger partial charge in [0.2, 0.25) is 5.13 Å². The smallest absolute Gasteiger partial charge is 0.413 e. The summed E-state index contributed by atoms with van der Waals surface area (Å²) in [6.07, 6.45) is -0.668. The molecule has 0 fully saturated rings. The molecular formula is C24H24F3N5O5S. The number of carbonyl (C=O) groups is 3. The van der Waals surface area contributed by atoms with E-state index in [1.807, 2.05) is 0 Å². The lowest BCUT2D eigenvalue weighted by Gasteiger charge is -2.28. The van der Waals surface area contributed by atoms with E-state index in [0.29, 0.717) is 10.6 Å². The Morgan fingerprint density at radius 2 is 1.84 bits per heavy atom. The van der Waals surface area contributed by atoms with Gasteiger partial charge in [0.15, 0.2) is 11.6 Å². The maximum atomic E-state index is 13.9. The van der Waals surface area contributed by atoms with Crippen molar-refractivity contribution in [2.45, 2.75) is 31.8 Å². The quantitative estimate of drug-likeness (QED) is 0.316. The number of rotatable bonds is 11. The number of hydrogen-bond donors (Lipinski definition) is 3. The Bertz CT molecular complexity index is 1270. The van der Waals surface area contributed by atoms with Crippen LogP contribution >= 0.6 is 11.3 Å². The number of ether oxygens (including phenoxy) is 1. The molecule has 3 N–H and O–H groups in total. The largest absolute Gasteiger partial charge is 0.481 e. The third kappa shape index (κ3) is 8.16. The highest BCUT2D eigenvalue weighted by Gasteiger charge is 2.23. The Morgan fingerprint density at radius 1 is 1.11 bits per heavy atom. The van der Waals surface area contributed by atoms with Gasteiger partial charge in [-0.25, -0.2) is 22.8 Å². The van der Waals surface area contributed by atoms with Crippen LogP contribution in [0.25, 0.3) is 10.6 Å². The molecule has 3 amide bonds. The first-order valence-corrected chi connectivity index (χ1v) is 12.1. The van der Waals surface area contributed by atoms with Crippen molar-refractivity contribution in [1.29, 1.82) is 0 Å². The molecule has 38 heavy (non-hydrogen) atoms. The van der Waals surface area contributed by atoms with E-state index in [0.717, 1.165) is 17.4 Å². The number of amides is 3. The van der Waals surface area contributed by atoms with E-state index >= 15 is 0 Å². The van der Waals surface area contributed by atoms with Gasteiger partial charge in [0.1, 0.15) is 17.4 Å². The van der Waals surface area contributed by atoms with Crippen LogP contribution in [-0.4, -0.2) is 58.0 Å². The summed E-state index contributed by atoms with van der Waals surface area (Å²) in [5.74, 6) is -3.55. The second-order valence-electron chi connectivity index (χ2n) is 8.07. The van der Waals surface area contributed by atoms with Crippen LogP contribution in [0.15, 0.2) is 42.5 Å². The van der Waals surface area contributed by atoms with Crippen LogP contribution in [0.4, 0.5) is 27.9 Å². The molecule has 1 aromatic heterocycles. The molecule has 2 aromatic carbocycles. The molecule has 3 rings (SSSR count). The predicted molar refractivity (Wildman–Crippen MR) is 132 cm³/mol. The number of aromatic nitrogens is 2. The summed E-state index contributed by atoms with van der Waals surface area (Å²) in [4.78, 5) is 37.1. The van der Waals surface area contributed by atoms with Crippen molar-refractivity contribution in [3.05, 3.63) is 65.5 Å². The Hall–Kier alpha value is -4.20. The van der Waals surface area contributed by atoms with Crippen molar-refractivity contribution >= 4 is 34.6 Å². The molecule has 0 unspecified atom stereocenters. The van der Waals surface area contributed by atoms with Crippen LogP contribution < -0.4 is 10.6 Å². The van der Waals surface area contributed by atoms with E-state index in [1.54, 1.807) is 0 Å². The van der Waals surface area contributed by atoms with E-state index in [-0.39, 0.29) is 43.1 Å². The van der Waals surface area contributed by atoms with Gasteiger partial charge in [-0.3, -0.25) is 10.1 Å². The average Bonchev–Trinajstić information content (AvgIpc) is 3.34. The van der Waals surface area contributed by atoms with Gasteiger partial charge >= 0.3 is 18.1 Å². The van der Waals surface area contributed by atoms with Crippen molar-refractivity contribution in [1.82, 2.24) is 20.4 Å². The van der Waals surface area contributed by atoms with E-state index < -0.39 is 41.6 Å². The van der Waals surface area contributed by atoms with Crippen LogP contribution in [0.1, 0.15) is 24.8 Å². The monoisotopic (exact) mass is 551 g/mol. The first-order valence-electron chi connectivity index (χ1n) is 11.3. The number of hydrogen-bond acceptors (Lipinski definition) is 7. The number of carboxylic acids is 1. The Morgan fingerprint density at radius 3 is 2.55 bits per heavy atom. The Balaban J connectivity index is 1.57.